The van der Waals surface area contributed by atoms with Crippen molar-refractivity contribution in [3.63, 3.8) is 0 Å². The molecule has 0 radical (unpaired) electrons. The summed E-state index contributed by atoms with van der Waals surface area (Å²) in [7, 11) is 0. The van der Waals surface area contributed by atoms with Gasteiger partial charge in [0.1, 0.15) is 12.2 Å². The molecule has 0 aliphatic heterocycles. The summed E-state index contributed by atoms with van der Waals surface area (Å²) in [5, 5.41) is 2.53. The van der Waals surface area contributed by atoms with Crippen LogP contribution < -0.4 is 5.32 Å². The average Bonchev–Trinajstić information content (AvgIpc) is 2.23. The van der Waals surface area contributed by atoms with Gasteiger partial charge in [-0.05, 0) is 33.6 Å². The minimum atomic E-state index is -0.518. The molecule has 5 heteroatoms. The van der Waals surface area contributed by atoms with Gasteiger partial charge in [-0.3, -0.25) is 4.79 Å². The van der Waals surface area contributed by atoms with E-state index in [-0.39, 0.29) is 25.0 Å². The second-order valence-corrected chi connectivity index (χ2v) is 5.11. The molecule has 0 aromatic heterocycles. The molecule has 0 saturated carbocycles. The fraction of sp³-hybridized carbons (Fsp3) is 0.846. The first-order chi connectivity index (χ1) is 8.30. The van der Waals surface area contributed by atoms with Crippen LogP contribution in [0.15, 0.2) is 0 Å². The molecule has 106 valence electrons. The molecule has 0 fully saturated rings. The van der Waals surface area contributed by atoms with Gasteiger partial charge in [0.25, 0.3) is 0 Å². The third-order valence-electron chi connectivity index (χ3n) is 2.33. The number of rotatable bonds is 6. The van der Waals surface area contributed by atoms with Crippen LogP contribution in [0.25, 0.3) is 0 Å². The number of ether oxygens (including phenoxy) is 2. The molecule has 0 heterocycles. The van der Waals surface area contributed by atoms with Gasteiger partial charge in [-0.2, -0.15) is 0 Å². The highest BCUT2D eigenvalue weighted by molar-refractivity contribution is 5.72. The molecule has 1 amide bonds. The molecule has 0 aliphatic rings. The van der Waals surface area contributed by atoms with Crippen molar-refractivity contribution in [2.45, 2.75) is 53.1 Å². The van der Waals surface area contributed by atoms with Gasteiger partial charge in [-0.25, -0.2) is 4.79 Å². The van der Waals surface area contributed by atoms with Crippen LogP contribution in [0.1, 0.15) is 47.5 Å². The van der Waals surface area contributed by atoms with E-state index in [9.17, 15) is 9.59 Å². The van der Waals surface area contributed by atoms with Gasteiger partial charge < -0.3 is 14.8 Å². The highest BCUT2D eigenvalue weighted by Crippen LogP contribution is 2.09. The average molecular weight is 259 g/mol. The van der Waals surface area contributed by atoms with Crippen LogP contribution in [-0.4, -0.2) is 30.8 Å². The molecule has 18 heavy (non-hydrogen) atoms. The zero-order valence-corrected chi connectivity index (χ0v) is 12.0. The predicted octanol–water partition coefficient (Wildman–Crippen LogP) is 2.49. The highest BCUT2D eigenvalue weighted by Gasteiger charge is 2.17. The first-order valence-electron chi connectivity index (χ1n) is 6.43. The minimum Gasteiger partial charge on any atom is -0.464 e. The molecule has 0 spiro atoms. The lowest BCUT2D eigenvalue weighted by Gasteiger charge is -2.19. The van der Waals surface area contributed by atoms with Crippen molar-refractivity contribution < 1.29 is 19.1 Å². The van der Waals surface area contributed by atoms with Gasteiger partial charge in [0, 0.05) is 0 Å². The Bertz CT molecular complexity index is 267. The minimum absolute atomic E-state index is 0.0495. The molecule has 0 aromatic carbocycles. The Balaban J connectivity index is 3.74. The molecule has 0 rings (SSSR count). The lowest BCUT2D eigenvalue weighted by atomic mass is 10.0. The van der Waals surface area contributed by atoms with Crippen molar-refractivity contribution in [2.24, 2.45) is 5.92 Å². The van der Waals surface area contributed by atoms with Crippen molar-refractivity contribution in [3.05, 3.63) is 0 Å². The SMILES string of the molecule is CCC(CC)C(=O)OCCNC(=O)OC(C)(C)C. The number of carbonyl (C=O) groups is 2. The molecule has 0 saturated heterocycles. The smallest absolute Gasteiger partial charge is 0.407 e. The van der Waals surface area contributed by atoms with E-state index in [2.05, 4.69) is 5.32 Å². The van der Waals surface area contributed by atoms with E-state index in [1.165, 1.54) is 0 Å². The molecule has 1 N–H and O–H groups in total. The highest BCUT2D eigenvalue weighted by atomic mass is 16.6. The number of amides is 1. The number of nitrogens with one attached hydrogen (secondary N) is 1. The van der Waals surface area contributed by atoms with Crippen LogP contribution in [0.3, 0.4) is 0 Å². The van der Waals surface area contributed by atoms with Gasteiger partial charge in [-0.15, -0.1) is 0 Å². The van der Waals surface area contributed by atoms with Crippen LogP contribution in [0.4, 0.5) is 4.79 Å². The first kappa shape index (κ1) is 16.7. The van der Waals surface area contributed by atoms with E-state index in [0.29, 0.717) is 0 Å². The molecule has 0 aromatic rings. The summed E-state index contributed by atoms with van der Waals surface area (Å²) in [5.41, 5.74) is -0.518. The van der Waals surface area contributed by atoms with Crippen LogP contribution in [0.2, 0.25) is 0 Å². The monoisotopic (exact) mass is 259 g/mol. The Morgan fingerprint density at radius 3 is 2.17 bits per heavy atom. The van der Waals surface area contributed by atoms with Crippen LogP contribution in [0, 0.1) is 5.92 Å². The van der Waals surface area contributed by atoms with Crippen molar-refractivity contribution in [1.82, 2.24) is 5.32 Å². The number of esters is 1. The second-order valence-electron chi connectivity index (χ2n) is 5.11. The zero-order chi connectivity index (χ0) is 14.2. The number of hydrogen-bond donors (Lipinski definition) is 1. The normalized spacial score (nSPS) is 11.2. The number of hydrogen-bond acceptors (Lipinski definition) is 4. The summed E-state index contributed by atoms with van der Waals surface area (Å²) in [6.45, 7) is 9.72. The topological polar surface area (TPSA) is 64.6 Å². The number of alkyl carbamates (subject to hydrolysis) is 1. The molecule has 0 atom stereocenters. The summed E-state index contributed by atoms with van der Waals surface area (Å²) in [6.07, 6.45) is 1.05. The van der Waals surface area contributed by atoms with Crippen LogP contribution in [-0.2, 0) is 14.3 Å². The van der Waals surface area contributed by atoms with E-state index < -0.39 is 11.7 Å². The molecular weight excluding hydrogens is 234 g/mol. The third kappa shape index (κ3) is 7.92. The Kier molecular flexibility index (Phi) is 7.39. The predicted molar refractivity (Wildman–Crippen MR) is 69.3 cm³/mol. The maximum atomic E-state index is 11.5. The Labute approximate surface area is 109 Å². The van der Waals surface area contributed by atoms with E-state index in [0.717, 1.165) is 12.8 Å². The summed E-state index contributed by atoms with van der Waals surface area (Å²) in [6, 6.07) is 0. The van der Waals surface area contributed by atoms with Gasteiger partial charge in [0.05, 0.1) is 12.5 Å². The lowest BCUT2D eigenvalue weighted by molar-refractivity contribution is -0.148. The van der Waals surface area contributed by atoms with Crippen LogP contribution in [0.5, 0.6) is 0 Å². The fourth-order valence-electron chi connectivity index (χ4n) is 1.36. The quantitative estimate of drug-likeness (QED) is 0.588. The van der Waals surface area contributed by atoms with Gasteiger partial charge >= 0.3 is 12.1 Å². The van der Waals surface area contributed by atoms with Crippen molar-refractivity contribution in [3.8, 4) is 0 Å². The Hall–Kier alpha value is -1.26. The maximum absolute atomic E-state index is 11.5. The van der Waals surface area contributed by atoms with Gasteiger partial charge in [0.2, 0.25) is 0 Å². The van der Waals surface area contributed by atoms with E-state index in [4.69, 9.17) is 9.47 Å². The fourth-order valence-corrected chi connectivity index (χ4v) is 1.36. The standard InChI is InChI=1S/C13H25NO4/c1-6-10(7-2)11(15)17-9-8-14-12(16)18-13(3,4)5/h10H,6-9H2,1-5H3,(H,14,16). The van der Waals surface area contributed by atoms with Crippen molar-refractivity contribution in [1.29, 1.82) is 0 Å². The summed E-state index contributed by atoms with van der Waals surface area (Å²) < 4.78 is 10.1. The molecule has 5 nitrogen and oxygen atoms in total. The van der Waals surface area contributed by atoms with Gasteiger partial charge in [0.15, 0.2) is 0 Å². The summed E-state index contributed by atoms with van der Waals surface area (Å²) in [4.78, 5) is 22.8. The lowest BCUT2D eigenvalue weighted by Crippen LogP contribution is -2.34. The Morgan fingerprint density at radius 1 is 1.17 bits per heavy atom. The summed E-state index contributed by atoms with van der Waals surface area (Å²) in [5.74, 6) is -0.252. The van der Waals surface area contributed by atoms with Gasteiger partial charge in [-0.1, -0.05) is 13.8 Å². The largest absolute Gasteiger partial charge is 0.464 e. The third-order valence-corrected chi connectivity index (χ3v) is 2.33. The van der Waals surface area contributed by atoms with E-state index >= 15 is 0 Å². The molecule has 0 bridgehead atoms. The van der Waals surface area contributed by atoms with E-state index in [1.807, 2.05) is 13.8 Å². The van der Waals surface area contributed by atoms with Crippen LogP contribution >= 0.6 is 0 Å². The second kappa shape index (κ2) is 7.95. The Morgan fingerprint density at radius 2 is 1.72 bits per heavy atom. The molecular formula is C13H25NO4. The van der Waals surface area contributed by atoms with Crippen molar-refractivity contribution >= 4 is 12.1 Å². The first-order valence-corrected chi connectivity index (χ1v) is 6.43. The zero-order valence-electron chi connectivity index (χ0n) is 12.0. The number of carbonyl (C=O) groups excluding carboxylic acids is 2. The maximum Gasteiger partial charge on any atom is 0.407 e. The summed E-state index contributed by atoms with van der Waals surface area (Å²) >= 11 is 0. The molecule has 0 aliphatic carbocycles. The van der Waals surface area contributed by atoms with E-state index in [1.54, 1.807) is 20.8 Å². The molecule has 0 unspecified atom stereocenters. The van der Waals surface area contributed by atoms with Crippen molar-refractivity contribution in [2.75, 3.05) is 13.2 Å².